The highest BCUT2D eigenvalue weighted by Gasteiger charge is 2.11. The van der Waals surface area contributed by atoms with Crippen LogP contribution in [0, 0.1) is 5.82 Å². The molecular formula is C17H17FN2O. The first-order chi connectivity index (χ1) is 10.2. The van der Waals surface area contributed by atoms with E-state index in [0.29, 0.717) is 6.54 Å². The summed E-state index contributed by atoms with van der Waals surface area (Å²) in [7, 11) is 0. The fourth-order valence-electron chi connectivity index (χ4n) is 2.61. The van der Waals surface area contributed by atoms with Gasteiger partial charge in [0.05, 0.1) is 0 Å². The molecule has 0 radical (unpaired) electrons. The minimum Gasteiger partial charge on any atom is -0.334 e. The zero-order valence-electron chi connectivity index (χ0n) is 11.7. The summed E-state index contributed by atoms with van der Waals surface area (Å²) in [5.41, 5.74) is 4.38. The third-order valence-electron chi connectivity index (χ3n) is 3.72. The van der Waals surface area contributed by atoms with E-state index in [1.165, 1.54) is 29.7 Å². The molecule has 4 heteroatoms. The van der Waals surface area contributed by atoms with Crippen LogP contribution in [-0.2, 0) is 19.4 Å². The van der Waals surface area contributed by atoms with Crippen LogP contribution in [0.25, 0.3) is 0 Å². The quantitative estimate of drug-likeness (QED) is 0.887. The number of rotatable bonds is 3. The van der Waals surface area contributed by atoms with Crippen molar-refractivity contribution in [3.05, 3.63) is 65.0 Å². The normalized spacial score (nSPS) is 12.8. The van der Waals surface area contributed by atoms with Crippen molar-refractivity contribution in [2.45, 2.75) is 25.8 Å². The summed E-state index contributed by atoms with van der Waals surface area (Å²) >= 11 is 0. The molecule has 1 aliphatic carbocycles. The minimum absolute atomic E-state index is 0.253. The van der Waals surface area contributed by atoms with E-state index in [2.05, 4.69) is 16.7 Å². The molecule has 108 valence electrons. The first kappa shape index (κ1) is 13.6. The van der Waals surface area contributed by atoms with Gasteiger partial charge in [-0.25, -0.2) is 9.18 Å². The third-order valence-corrected chi connectivity index (χ3v) is 3.72. The molecule has 0 saturated carbocycles. The lowest BCUT2D eigenvalue weighted by Gasteiger charge is -2.09. The summed E-state index contributed by atoms with van der Waals surface area (Å²) in [5, 5.41) is 5.59. The van der Waals surface area contributed by atoms with E-state index in [1.54, 1.807) is 12.1 Å². The van der Waals surface area contributed by atoms with Gasteiger partial charge in [-0.3, -0.25) is 0 Å². The van der Waals surface area contributed by atoms with E-state index in [0.717, 1.165) is 24.1 Å². The highest BCUT2D eigenvalue weighted by atomic mass is 19.1. The first-order valence-electron chi connectivity index (χ1n) is 7.12. The van der Waals surface area contributed by atoms with E-state index in [-0.39, 0.29) is 11.8 Å². The van der Waals surface area contributed by atoms with Crippen LogP contribution in [0.5, 0.6) is 0 Å². The van der Waals surface area contributed by atoms with Crippen LogP contribution in [0.1, 0.15) is 23.1 Å². The Morgan fingerprint density at radius 2 is 1.81 bits per heavy atom. The largest absolute Gasteiger partial charge is 0.334 e. The van der Waals surface area contributed by atoms with Crippen molar-refractivity contribution in [1.82, 2.24) is 5.32 Å². The topological polar surface area (TPSA) is 41.1 Å². The minimum atomic E-state index is -0.277. The van der Waals surface area contributed by atoms with Crippen LogP contribution in [0.3, 0.4) is 0 Å². The lowest BCUT2D eigenvalue weighted by Crippen LogP contribution is -2.28. The lowest BCUT2D eigenvalue weighted by molar-refractivity contribution is 0.251. The van der Waals surface area contributed by atoms with Crippen molar-refractivity contribution in [1.29, 1.82) is 0 Å². The maximum absolute atomic E-state index is 12.8. The number of hydrogen-bond acceptors (Lipinski definition) is 1. The average molecular weight is 284 g/mol. The number of fused-ring (bicyclic) bond motifs is 1. The molecule has 0 aromatic heterocycles. The molecule has 21 heavy (non-hydrogen) atoms. The van der Waals surface area contributed by atoms with Gasteiger partial charge in [-0.15, -0.1) is 0 Å². The highest BCUT2D eigenvalue weighted by Crippen LogP contribution is 2.24. The number of urea groups is 1. The lowest BCUT2D eigenvalue weighted by atomic mass is 10.1. The molecule has 0 unspecified atom stereocenters. The molecule has 0 aliphatic heterocycles. The molecule has 3 rings (SSSR count). The Bertz CT molecular complexity index is 652. The maximum atomic E-state index is 12.8. The zero-order valence-corrected chi connectivity index (χ0v) is 11.7. The summed E-state index contributed by atoms with van der Waals surface area (Å²) in [6.45, 7) is 0.372. The SMILES string of the molecule is O=C(NCc1ccc(F)cc1)Nc1ccc2c(c1)CCC2. The fourth-order valence-corrected chi connectivity index (χ4v) is 2.61. The second kappa shape index (κ2) is 5.95. The molecular weight excluding hydrogens is 267 g/mol. The van der Waals surface area contributed by atoms with Gasteiger partial charge in [0.15, 0.2) is 0 Å². The molecule has 0 heterocycles. The van der Waals surface area contributed by atoms with Gasteiger partial charge in [0.2, 0.25) is 0 Å². The first-order valence-corrected chi connectivity index (χ1v) is 7.12. The van der Waals surface area contributed by atoms with Crippen molar-refractivity contribution < 1.29 is 9.18 Å². The van der Waals surface area contributed by atoms with Crippen LogP contribution in [-0.4, -0.2) is 6.03 Å². The highest BCUT2D eigenvalue weighted by molar-refractivity contribution is 5.89. The monoisotopic (exact) mass is 284 g/mol. The average Bonchev–Trinajstić information content (AvgIpc) is 2.94. The third kappa shape index (κ3) is 3.40. The Kier molecular flexibility index (Phi) is 3.86. The molecule has 0 saturated heterocycles. The predicted molar refractivity (Wildman–Crippen MR) is 80.7 cm³/mol. The fraction of sp³-hybridized carbons (Fsp3) is 0.235. The van der Waals surface area contributed by atoms with Gasteiger partial charge in [-0.05, 0) is 60.2 Å². The molecule has 0 atom stereocenters. The van der Waals surface area contributed by atoms with Crippen molar-refractivity contribution in [2.24, 2.45) is 0 Å². The summed E-state index contributed by atoms with van der Waals surface area (Å²) in [6.07, 6.45) is 3.41. The number of carbonyl (C=O) groups is 1. The van der Waals surface area contributed by atoms with Gasteiger partial charge >= 0.3 is 6.03 Å². The van der Waals surface area contributed by atoms with E-state index in [4.69, 9.17) is 0 Å². The smallest absolute Gasteiger partial charge is 0.319 e. The van der Waals surface area contributed by atoms with E-state index < -0.39 is 0 Å². The van der Waals surface area contributed by atoms with Gasteiger partial charge in [0.1, 0.15) is 5.82 Å². The van der Waals surface area contributed by atoms with E-state index in [9.17, 15) is 9.18 Å². The second-order valence-electron chi connectivity index (χ2n) is 5.27. The molecule has 3 nitrogen and oxygen atoms in total. The van der Waals surface area contributed by atoms with E-state index in [1.807, 2.05) is 12.1 Å². The number of carbonyl (C=O) groups excluding carboxylic acids is 1. The molecule has 2 N–H and O–H groups in total. The molecule has 0 bridgehead atoms. The molecule has 2 aromatic rings. The van der Waals surface area contributed by atoms with Crippen LogP contribution >= 0.6 is 0 Å². The number of aryl methyl sites for hydroxylation is 2. The van der Waals surface area contributed by atoms with Gasteiger partial charge < -0.3 is 10.6 Å². The summed E-state index contributed by atoms with van der Waals surface area (Å²) < 4.78 is 12.8. The second-order valence-corrected chi connectivity index (χ2v) is 5.27. The standard InChI is InChI=1S/C17H17FN2O/c18-15-7-4-12(5-8-15)11-19-17(21)20-16-9-6-13-2-1-3-14(13)10-16/h4-10H,1-3,11H2,(H2,19,20,21). The van der Waals surface area contributed by atoms with Crippen molar-refractivity contribution in [3.63, 3.8) is 0 Å². The zero-order chi connectivity index (χ0) is 14.7. The maximum Gasteiger partial charge on any atom is 0.319 e. The van der Waals surface area contributed by atoms with Crippen molar-refractivity contribution in [3.8, 4) is 0 Å². The Labute approximate surface area is 123 Å². The van der Waals surface area contributed by atoms with Crippen LogP contribution in [0.4, 0.5) is 14.9 Å². The number of halogens is 1. The molecule has 0 spiro atoms. The predicted octanol–water partition coefficient (Wildman–Crippen LogP) is 3.64. The number of anilines is 1. The van der Waals surface area contributed by atoms with Crippen molar-refractivity contribution in [2.75, 3.05) is 5.32 Å². The Morgan fingerprint density at radius 3 is 2.62 bits per heavy atom. The van der Waals surface area contributed by atoms with E-state index >= 15 is 0 Å². The molecule has 0 fully saturated rings. The van der Waals surface area contributed by atoms with Crippen LogP contribution in [0.15, 0.2) is 42.5 Å². The summed E-state index contributed by atoms with van der Waals surface area (Å²) in [5.74, 6) is -0.277. The number of benzene rings is 2. The summed E-state index contributed by atoms with van der Waals surface area (Å²) in [4.78, 5) is 11.9. The molecule has 1 aliphatic rings. The van der Waals surface area contributed by atoms with Crippen LogP contribution < -0.4 is 10.6 Å². The van der Waals surface area contributed by atoms with Gasteiger partial charge in [-0.1, -0.05) is 18.2 Å². The van der Waals surface area contributed by atoms with Gasteiger partial charge in [-0.2, -0.15) is 0 Å². The molecule has 2 aromatic carbocycles. The van der Waals surface area contributed by atoms with Gasteiger partial charge in [0, 0.05) is 12.2 Å². The Balaban J connectivity index is 1.55. The number of amides is 2. The Hall–Kier alpha value is -2.36. The Morgan fingerprint density at radius 1 is 1.05 bits per heavy atom. The summed E-state index contributed by atoms with van der Waals surface area (Å²) in [6, 6.07) is 11.9. The van der Waals surface area contributed by atoms with Crippen LogP contribution in [0.2, 0.25) is 0 Å². The van der Waals surface area contributed by atoms with Gasteiger partial charge in [0.25, 0.3) is 0 Å². The number of hydrogen-bond donors (Lipinski definition) is 2. The van der Waals surface area contributed by atoms with Crippen molar-refractivity contribution >= 4 is 11.7 Å². The number of nitrogens with one attached hydrogen (secondary N) is 2. The molecule has 2 amide bonds.